The molecule has 3 rings (SSSR count). The number of nitrogens with zero attached hydrogens (tertiary/aromatic N) is 3. The molecule has 0 unspecified atom stereocenters. The smallest absolute Gasteiger partial charge is 0.416 e. The maximum absolute atomic E-state index is 12.8. The van der Waals surface area contributed by atoms with E-state index in [0.717, 1.165) is 22.5 Å². The number of phenols is 1. The van der Waals surface area contributed by atoms with Crippen molar-refractivity contribution in [2.45, 2.75) is 19.0 Å². The Hall–Kier alpha value is -3.10. The Bertz CT molecular complexity index is 967. The van der Waals surface area contributed by atoms with Gasteiger partial charge in [0, 0.05) is 6.42 Å². The highest BCUT2D eigenvalue weighted by atomic mass is 19.4. The number of carbonyl (C=O) groups is 1. The third kappa shape index (κ3) is 3.61. The first-order valence-electron chi connectivity index (χ1n) is 7.61. The van der Waals surface area contributed by atoms with Crippen LogP contribution < -0.4 is 0 Å². The quantitative estimate of drug-likeness (QED) is 0.718. The standard InChI is InChI=1S/C17H14F3N3O3/c1-26-16(25)7-3-10-2-6-15(24)14(8-10)23-21-12-5-4-11(17(18,19)20)9-13(12)22-23/h2,4-6,8-9,24H,3,7H2,1H3. The number of halogens is 3. The summed E-state index contributed by atoms with van der Waals surface area (Å²) in [5, 5.41) is 18.2. The average molecular weight is 365 g/mol. The third-order valence-corrected chi connectivity index (χ3v) is 3.81. The second kappa shape index (κ2) is 6.66. The number of carbonyl (C=O) groups excluding carboxylic acids is 1. The van der Waals surface area contributed by atoms with Gasteiger partial charge in [0.05, 0.1) is 12.7 Å². The summed E-state index contributed by atoms with van der Waals surface area (Å²) in [7, 11) is 1.29. The lowest BCUT2D eigenvalue weighted by atomic mass is 10.1. The normalized spacial score (nSPS) is 11.7. The number of aromatic nitrogens is 3. The summed E-state index contributed by atoms with van der Waals surface area (Å²) in [4.78, 5) is 12.3. The highest BCUT2D eigenvalue weighted by Crippen LogP contribution is 2.31. The summed E-state index contributed by atoms with van der Waals surface area (Å²) < 4.78 is 43.0. The predicted octanol–water partition coefficient (Wildman–Crippen LogP) is 3.25. The Labute approximate surface area is 145 Å². The maximum atomic E-state index is 12.8. The van der Waals surface area contributed by atoms with Gasteiger partial charge in [0.15, 0.2) is 0 Å². The zero-order valence-electron chi connectivity index (χ0n) is 13.6. The van der Waals surface area contributed by atoms with Crippen molar-refractivity contribution >= 4 is 17.0 Å². The fourth-order valence-corrected chi connectivity index (χ4v) is 2.43. The Balaban J connectivity index is 1.96. The average Bonchev–Trinajstić information content (AvgIpc) is 3.02. The monoisotopic (exact) mass is 365 g/mol. The van der Waals surface area contributed by atoms with Crippen molar-refractivity contribution in [3.05, 3.63) is 47.5 Å². The summed E-state index contributed by atoms with van der Waals surface area (Å²) in [6.07, 6.45) is -3.95. The minimum Gasteiger partial charge on any atom is -0.506 e. The lowest BCUT2D eigenvalue weighted by Crippen LogP contribution is -2.04. The topological polar surface area (TPSA) is 77.2 Å². The Kier molecular flexibility index (Phi) is 4.54. The van der Waals surface area contributed by atoms with Gasteiger partial charge in [-0.1, -0.05) is 6.07 Å². The summed E-state index contributed by atoms with van der Waals surface area (Å²) in [6, 6.07) is 7.66. The first-order valence-corrected chi connectivity index (χ1v) is 7.61. The number of hydrogen-bond acceptors (Lipinski definition) is 5. The summed E-state index contributed by atoms with van der Waals surface area (Å²) in [5.74, 6) is -0.509. The molecular formula is C17H14F3N3O3. The van der Waals surface area contributed by atoms with E-state index in [-0.39, 0.29) is 34.9 Å². The third-order valence-electron chi connectivity index (χ3n) is 3.81. The van der Waals surface area contributed by atoms with Gasteiger partial charge in [-0.3, -0.25) is 4.79 Å². The minimum atomic E-state index is -4.48. The second-order valence-electron chi connectivity index (χ2n) is 5.59. The number of aromatic hydroxyl groups is 1. The molecule has 0 saturated carbocycles. The van der Waals surface area contributed by atoms with Gasteiger partial charge >= 0.3 is 12.1 Å². The molecular weight excluding hydrogens is 351 g/mol. The Morgan fingerprint density at radius 2 is 1.88 bits per heavy atom. The molecule has 0 atom stereocenters. The van der Waals surface area contributed by atoms with E-state index in [1.807, 2.05) is 0 Å². The second-order valence-corrected chi connectivity index (χ2v) is 5.59. The number of benzene rings is 2. The highest BCUT2D eigenvalue weighted by molar-refractivity contribution is 5.75. The number of hydrogen-bond donors (Lipinski definition) is 1. The van der Waals surface area contributed by atoms with Crippen LogP contribution in [0.25, 0.3) is 16.7 Å². The summed E-state index contributed by atoms with van der Waals surface area (Å²) in [6.45, 7) is 0. The van der Waals surface area contributed by atoms with Crippen LogP contribution in [0.15, 0.2) is 36.4 Å². The zero-order chi connectivity index (χ0) is 18.9. The highest BCUT2D eigenvalue weighted by Gasteiger charge is 2.31. The van der Waals surface area contributed by atoms with Gasteiger partial charge in [-0.2, -0.15) is 13.2 Å². The molecule has 3 aromatic rings. The fraction of sp³-hybridized carbons (Fsp3) is 0.235. The molecule has 0 radical (unpaired) electrons. The van der Waals surface area contributed by atoms with Crippen LogP contribution >= 0.6 is 0 Å². The predicted molar refractivity (Wildman–Crippen MR) is 85.9 cm³/mol. The van der Waals surface area contributed by atoms with Gasteiger partial charge in [0.1, 0.15) is 22.5 Å². The van der Waals surface area contributed by atoms with Gasteiger partial charge in [-0.25, -0.2) is 0 Å². The number of aryl methyl sites for hydroxylation is 1. The van der Waals surface area contributed by atoms with Gasteiger partial charge in [-0.15, -0.1) is 15.0 Å². The van der Waals surface area contributed by atoms with E-state index >= 15 is 0 Å². The van der Waals surface area contributed by atoms with E-state index in [9.17, 15) is 23.1 Å². The molecule has 0 aliphatic carbocycles. The number of alkyl halides is 3. The largest absolute Gasteiger partial charge is 0.506 e. The van der Waals surface area contributed by atoms with Crippen molar-refractivity contribution in [1.82, 2.24) is 15.0 Å². The van der Waals surface area contributed by atoms with Gasteiger partial charge in [0.2, 0.25) is 0 Å². The first kappa shape index (κ1) is 17.7. The molecule has 6 nitrogen and oxygen atoms in total. The van der Waals surface area contributed by atoms with Gasteiger partial charge < -0.3 is 9.84 Å². The molecule has 0 amide bonds. The van der Waals surface area contributed by atoms with Gasteiger partial charge in [-0.05, 0) is 42.3 Å². The SMILES string of the molecule is COC(=O)CCc1ccc(O)c(-n2nc3ccc(C(F)(F)F)cc3n2)c1. The molecule has 1 aromatic heterocycles. The van der Waals surface area contributed by atoms with Crippen molar-refractivity contribution in [3.8, 4) is 11.4 Å². The molecule has 2 aromatic carbocycles. The van der Waals surface area contributed by atoms with E-state index in [1.165, 1.54) is 19.2 Å². The van der Waals surface area contributed by atoms with Crippen LogP contribution in [0.2, 0.25) is 0 Å². The van der Waals surface area contributed by atoms with E-state index in [0.29, 0.717) is 6.42 Å². The molecule has 1 N–H and O–H groups in total. The fourth-order valence-electron chi connectivity index (χ4n) is 2.43. The molecule has 136 valence electrons. The van der Waals surface area contributed by atoms with Crippen LogP contribution in [0.5, 0.6) is 5.75 Å². The number of methoxy groups -OCH3 is 1. The Morgan fingerprint density at radius 3 is 2.58 bits per heavy atom. The zero-order valence-corrected chi connectivity index (χ0v) is 13.6. The van der Waals surface area contributed by atoms with Crippen LogP contribution in [0, 0.1) is 0 Å². The lowest BCUT2D eigenvalue weighted by Gasteiger charge is -2.06. The maximum Gasteiger partial charge on any atom is 0.416 e. The molecule has 0 fully saturated rings. The summed E-state index contributed by atoms with van der Waals surface area (Å²) in [5.41, 5.74) is 0.419. The first-order chi connectivity index (χ1) is 12.3. The summed E-state index contributed by atoms with van der Waals surface area (Å²) >= 11 is 0. The van der Waals surface area contributed by atoms with Crippen LogP contribution in [0.4, 0.5) is 13.2 Å². The van der Waals surface area contributed by atoms with Crippen LogP contribution in [0.1, 0.15) is 17.5 Å². The van der Waals surface area contributed by atoms with E-state index in [1.54, 1.807) is 12.1 Å². The molecule has 0 bridgehead atoms. The van der Waals surface area contributed by atoms with Crippen molar-refractivity contribution in [2.24, 2.45) is 0 Å². The van der Waals surface area contributed by atoms with E-state index in [2.05, 4.69) is 14.9 Å². The van der Waals surface area contributed by atoms with Crippen LogP contribution in [0.3, 0.4) is 0 Å². The number of esters is 1. The number of phenolic OH excluding ortho intramolecular Hbond substituents is 1. The van der Waals surface area contributed by atoms with E-state index < -0.39 is 11.7 Å². The van der Waals surface area contributed by atoms with Crippen molar-refractivity contribution in [1.29, 1.82) is 0 Å². The molecule has 0 saturated heterocycles. The van der Waals surface area contributed by atoms with Crippen molar-refractivity contribution in [2.75, 3.05) is 7.11 Å². The van der Waals surface area contributed by atoms with E-state index in [4.69, 9.17) is 0 Å². The molecule has 1 heterocycles. The molecule has 0 spiro atoms. The minimum absolute atomic E-state index is 0.0548. The van der Waals surface area contributed by atoms with Crippen LogP contribution in [-0.2, 0) is 22.1 Å². The number of rotatable bonds is 4. The molecule has 0 aliphatic heterocycles. The lowest BCUT2D eigenvalue weighted by molar-refractivity contribution is -0.140. The van der Waals surface area contributed by atoms with Crippen molar-refractivity contribution < 1.29 is 27.8 Å². The molecule has 26 heavy (non-hydrogen) atoms. The van der Waals surface area contributed by atoms with Crippen LogP contribution in [-0.4, -0.2) is 33.2 Å². The number of fused-ring (bicyclic) bond motifs is 1. The Morgan fingerprint density at radius 1 is 1.15 bits per heavy atom. The molecule has 0 aliphatic rings. The van der Waals surface area contributed by atoms with Gasteiger partial charge in [0.25, 0.3) is 0 Å². The molecule has 9 heteroatoms. The van der Waals surface area contributed by atoms with Crippen molar-refractivity contribution in [3.63, 3.8) is 0 Å². The number of ether oxygens (including phenoxy) is 1.